The van der Waals surface area contributed by atoms with Gasteiger partial charge in [-0.15, -0.1) is 0 Å². The SMILES string of the molecule is CCN(Cc1ccc(F)c(Cl)c1)C1CNC1. The molecule has 0 saturated carbocycles. The Morgan fingerprint density at radius 2 is 2.25 bits per heavy atom. The molecule has 1 fully saturated rings. The van der Waals surface area contributed by atoms with E-state index in [1.54, 1.807) is 12.1 Å². The number of nitrogens with zero attached hydrogens (tertiary/aromatic N) is 1. The van der Waals surface area contributed by atoms with Gasteiger partial charge in [0.1, 0.15) is 5.82 Å². The molecule has 0 unspecified atom stereocenters. The van der Waals surface area contributed by atoms with E-state index in [0.29, 0.717) is 6.04 Å². The maximum absolute atomic E-state index is 13.0. The average Bonchev–Trinajstić information content (AvgIpc) is 2.20. The molecule has 0 aliphatic carbocycles. The van der Waals surface area contributed by atoms with Crippen LogP contribution in [0, 0.1) is 5.82 Å². The Morgan fingerprint density at radius 3 is 2.75 bits per heavy atom. The van der Waals surface area contributed by atoms with Gasteiger partial charge in [0.2, 0.25) is 0 Å². The minimum atomic E-state index is -0.348. The number of likely N-dealkylation sites (N-methyl/N-ethyl adjacent to an activating group) is 1. The highest BCUT2D eigenvalue weighted by molar-refractivity contribution is 6.30. The van der Waals surface area contributed by atoms with E-state index in [-0.39, 0.29) is 10.8 Å². The summed E-state index contributed by atoms with van der Waals surface area (Å²) in [6.07, 6.45) is 0. The Hall–Kier alpha value is -0.640. The first-order valence-corrected chi connectivity index (χ1v) is 5.97. The molecule has 0 spiro atoms. The lowest BCUT2D eigenvalue weighted by Gasteiger charge is -2.37. The van der Waals surface area contributed by atoms with Gasteiger partial charge in [0.15, 0.2) is 0 Å². The molecule has 0 bridgehead atoms. The smallest absolute Gasteiger partial charge is 0.141 e. The van der Waals surface area contributed by atoms with E-state index >= 15 is 0 Å². The van der Waals surface area contributed by atoms with Gasteiger partial charge < -0.3 is 5.32 Å². The molecule has 16 heavy (non-hydrogen) atoms. The first-order chi connectivity index (χ1) is 7.70. The Bertz CT molecular complexity index is 366. The summed E-state index contributed by atoms with van der Waals surface area (Å²) in [6, 6.07) is 5.56. The maximum atomic E-state index is 13.0. The molecule has 2 nitrogen and oxygen atoms in total. The minimum Gasteiger partial charge on any atom is -0.314 e. The average molecular weight is 243 g/mol. The number of nitrogens with one attached hydrogen (secondary N) is 1. The normalized spacial score (nSPS) is 16.5. The number of rotatable bonds is 4. The summed E-state index contributed by atoms with van der Waals surface area (Å²) < 4.78 is 13.0. The van der Waals surface area contributed by atoms with Crippen molar-refractivity contribution in [2.24, 2.45) is 0 Å². The monoisotopic (exact) mass is 242 g/mol. The van der Waals surface area contributed by atoms with Gasteiger partial charge in [-0.3, -0.25) is 4.90 Å². The van der Waals surface area contributed by atoms with Crippen molar-refractivity contribution in [3.8, 4) is 0 Å². The van der Waals surface area contributed by atoms with Crippen LogP contribution in [0.15, 0.2) is 18.2 Å². The summed E-state index contributed by atoms with van der Waals surface area (Å²) in [5, 5.41) is 3.46. The third kappa shape index (κ3) is 2.54. The molecule has 0 amide bonds. The van der Waals surface area contributed by atoms with Crippen LogP contribution in [0.2, 0.25) is 5.02 Å². The largest absolute Gasteiger partial charge is 0.314 e. The van der Waals surface area contributed by atoms with E-state index in [0.717, 1.165) is 31.7 Å². The summed E-state index contributed by atoms with van der Waals surface area (Å²) in [5.41, 5.74) is 1.07. The van der Waals surface area contributed by atoms with Crippen molar-refractivity contribution in [3.63, 3.8) is 0 Å². The van der Waals surface area contributed by atoms with Gasteiger partial charge >= 0.3 is 0 Å². The summed E-state index contributed by atoms with van der Waals surface area (Å²) >= 11 is 5.76. The van der Waals surface area contributed by atoms with E-state index in [2.05, 4.69) is 17.1 Å². The van der Waals surface area contributed by atoms with Gasteiger partial charge in [0, 0.05) is 25.7 Å². The summed E-state index contributed by atoms with van der Waals surface area (Å²) in [6.45, 7) is 6.07. The first kappa shape index (κ1) is 11.8. The number of hydrogen-bond acceptors (Lipinski definition) is 2. The fraction of sp³-hybridized carbons (Fsp3) is 0.500. The highest BCUT2D eigenvalue weighted by Gasteiger charge is 2.23. The topological polar surface area (TPSA) is 15.3 Å². The van der Waals surface area contributed by atoms with Crippen molar-refractivity contribution in [2.75, 3.05) is 19.6 Å². The molecule has 1 aromatic carbocycles. The fourth-order valence-electron chi connectivity index (χ4n) is 1.90. The predicted octanol–water partition coefficient (Wildman–Crippen LogP) is 2.27. The first-order valence-electron chi connectivity index (χ1n) is 5.59. The van der Waals surface area contributed by atoms with Crippen molar-refractivity contribution in [2.45, 2.75) is 19.5 Å². The van der Waals surface area contributed by atoms with Crippen molar-refractivity contribution < 1.29 is 4.39 Å². The standard InChI is InChI=1S/C12H16ClFN2/c1-2-16(10-6-15-7-10)8-9-3-4-12(14)11(13)5-9/h3-5,10,15H,2,6-8H2,1H3. The van der Waals surface area contributed by atoms with Crippen LogP contribution in [0.4, 0.5) is 4.39 Å². The lowest BCUT2D eigenvalue weighted by atomic mass is 10.1. The van der Waals surface area contributed by atoms with Crippen LogP contribution in [-0.2, 0) is 6.54 Å². The molecule has 1 aromatic rings. The predicted molar refractivity (Wildman–Crippen MR) is 64.2 cm³/mol. The molecule has 1 aliphatic heterocycles. The van der Waals surface area contributed by atoms with Gasteiger partial charge in [-0.1, -0.05) is 24.6 Å². The molecule has 2 rings (SSSR count). The van der Waals surface area contributed by atoms with Crippen LogP contribution in [0.25, 0.3) is 0 Å². The quantitative estimate of drug-likeness (QED) is 0.872. The van der Waals surface area contributed by atoms with Crippen LogP contribution < -0.4 is 5.32 Å². The van der Waals surface area contributed by atoms with E-state index in [1.165, 1.54) is 6.07 Å². The highest BCUT2D eigenvalue weighted by atomic mass is 35.5. The van der Waals surface area contributed by atoms with E-state index in [9.17, 15) is 4.39 Å². The van der Waals surface area contributed by atoms with E-state index < -0.39 is 0 Å². The lowest BCUT2D eigenvalue weighted by Crippen LogP contribution is -2.56. The Kier molecular flexibility index (Phi) is 3.79. The van der Waals surface area contributed by atoms with Gasteiger partial charge in [-0.2, -0.15) is 0 Å². The summed E-state index contributed by atoms with van der Waals surface area (Å²) in [5.74, 6) is -0.348. The molecule has 0 atom stereocenters. The maximum Gasteiger partial charge on any atom is 0.141 e. The van der Waals surface area contributed by atoms with Crippen molar-refractivity contribution in [1.29, 1.82) is 0 Å². The van der Waals surface area contributed by atoms with E-state index in [1.807, 2.05) is 0 Å². The highest BCUT2D eigenvalue weighted by Crippen LogP contribution is 2.18. The Balaban J connectivity index is 2.03. The van der Waals surface area contributed by atoms with Crippen LogP contribution in [0.3, 0.4) is 0 Å². The molecule has 4 heteroatoms. The van der Waals surface area contributed by atoms with Crippen LogP contribution in [0.5, 0.6) is 0 Å². The fourth-order valence-corrected chi connectivity index (χ4v) is 2.11. The molecule has 0 aromatic heterocycles. The van der Waals surface area contributed by atoms with Crippen molar-refractivity contribution in [1.82, 2.24) is 10.2 Å². The third-order valence-corrected chi connectivity index (χ3v) is 3.34. The second kappa shape index (κ2) is 5.13. The van der Waals surface area contributed by atoms with Crippen LogP contribution in [-0.4, -0.2) is 30.6 Å². The molecule has 88 valence electrons. The van der Waals surface area contributed by atoms with Gasteiger partial charge in [0.05, 0.1) is 5.02 Å². The van der Waals surface area contributed by atoms with Gasteiger partial charge in [0.25, 0.3) is 0 Å². The molecule has 1 N–H and O–H groups in total. The molecular formula is C12H16ClFN2. The van der Waals surface area contributed by atoms with Crippen LogP contribution in [0.1, 0.15) is 12.5 Å². The zero-order valence-electron chi connectivity index (χ0n) is 9.34. The zero-order valence-corrected chi connectivity index (χ0v) is 10.1. The van der Waals surface area contributed by atoms with E-state index in [4.69, 9.17) is 11.6 Å². The van der Waals surface area contributed by atoms with Crippen molar-refractivity contribution in [3.05, 3.63) is 34.6 Å². The summed E-state index contributed by atoms with van der Waals surface area (Å²) in [7, 11) is 0. The molecule has 1 aliphatic rings. The zero-order chi connectivity index (χ0) is 11.5. The van der Waals surface area contributed by atoms with Gasteiger partial charge in [-0.05, 0) is 24.2 Å². The number of hydrogen-bond donors (Lipinski definition) is 1. The Morgan fingerprint density at radius 1 is 1.50 bits per heavy atom. The lowest BCUT2D eigenvalue weighted by molar-refractivity contribution is 0.145. The molecule has 1 saturated heterocycles. The minimum absolute atomic E-state index is 0.209. The number of benzene rings is 1. The van der Waals surface area contributed by atoms with Gasteiger partial charge in [-0.25, -0.2) is 4.39 Å². The summed E-state index contributed by atoms with van der Waals surface area (Å²) in [4.78, 5) is 2.38. The van der Waals surface area contributed by atoms with Crippen LogP contribution >= 0.6 is 11.6 Å². The Labute approximate surface area is 100 Å². The number of halogens is 2. The second-order valence-corrected chi connectivity index (χ2v) is 4.53. The third-order valence-electron chi connectivity index (χ3n) is 3.05. The van der Waals surface area contributed by atoms with Crippen molar-refractivity contribution >= 4 is 11.6 Å². The second-order valence-electron chi connectivity index (χ2n) is 4.12. The molecule has 1 heterocycles. The molecule has 0 radical (unpaired) electrons. The molecular weight excluding hydrogens is 227 g/mol.